The van der Waals surface area contributed by atoms with Crippen molar-refractivity contribution in [2.24, 2.45) is 7.05 Å². The number of methoxy groups -OCH3 is 2. The van der Waals surface area contributed by atoms with E-state index in [1.807, 2.05) is 6.92 Å². The largest absolute Gasteiger partial charge is 0.481 e. The molecular formula is C11H18N4O2. The van der Waals surface area contributed by atoms with Crippen molar-refractivity contribution in [3.63, 3.8) is 0 Å². The van der Waals surface area contributed by atoms with Crippen LogP contribution in [0.15, 0.2) is 0 Å². The van der Waals surface area contributed by atoms with E-state index >= 15 is 0 Å². The summed E-state index contributed by atoms with van der Waals surface area (Å²) in [5.74, 6) is 0.610. The topological polar surface area (TPSA) is 72.1 Å². The number of hydrogen-bond acceptors (Lipinski definition) is 5. The maximum atomic E-state index is 9.19. The third-order valence-corrected chi connectivity index (χ3v) is 2.48. The van der Waals surface area contributed by atoms with Crippen molar-refractivity contribution >= 4 is 0 Å². The predicted octanol–water partition coefficient (Wildman–Crippen LogP) is 0.538. The molecule has 0 amide bonds. The average Bonchev–Trinajstić information content (AvgIpc) is 2.59. The second-order valence-electron chi connectivity index (χ2n) is 3.64. The summed E-state index contributed by atoms with van der Waals surface area (Å²) in [6.45, 7) is 3.02. The molecule has 17 heavy (non-hydrogen) atoms. The molecule has 0 aliphatic rings. The summed E-state index contributed by atoms with van der Waals surface area (Å²) in [7, 11) is 4.99. The Morgan fingerprint density at radius 2 is 2.24 bits per heavy atom. The van der Waals surface area contributed by atoms with Crippen molar-refractivity contribution in [2.75, 3.05) is 27.4 Å². The number of aromatic nitrogens is 2. The van der Waals surface area contributed by atoms with Crippen LogP contribution in [-0.4, -0.2) is 37.2 Å². The van der Waals surface area contributed by atoms with E-state index in [1.165, 1.54) is 0 Å². The quantitative estimate of drug-likeness (QED) is 0.732. The number of nitrogens with one attached hydrogen (secondary N) is 1. The van der Waals surface area contributed by atoms with Crippen molar-refractivity contribution < 1.29 is 9.47 Å². The van der Waals surface area contributed by atoms with Gasteiger partial charge in [0.2, 0.25) is 5.88 Å². The first-order valence-electron chi connectivity index (χ1n) is 5.35. The fourth-order valence-electron chi connectivity index (χ4n) is 1.75. The molecule has 6 nitrogen and oxygen atoms in total. The summed E-state index contributed by atoms with van der Waals surface area (Å²) in [6, 6.07) is 1.77. The molecule has 1 heterocycles. The Morgan fingerprint density at radius 3 is 2.76 bits per heavy atom. The Kier molecular flexibility index (Phi) is 4.94. The third-order valence-electron chi connectivity index (χ3n) is 2.48. The van der Waals surface area contributed by atoms with Gasteiger partial charge in [0.05, 0.1) is 31.0 Å². The highest BCUT2D eigenvalue weighted by Gasteiger charge is 2.22. The molecule has 0 aliphatic carbocycles. The molecule has 1 aromatic heterocycles. The number of rotatable bonds is 6. The van der Waals surface area contributed by atoms with Gasteiger partial charge in [0.1, 0.15) is 6.04 Å². The predicted molar refractivity (Wildman–Crippen MR) is 62.7 cm³/mol. The molecule has 6 heteroatoms. The normalized spacial score (nSPS) is 12.2. The van der Waals surface area contributed by atoms with E-state index in [9.17, 15) is 5.26 Å². The van der Waals surface area contributed by atoms with Crippen molar-refractivity contribution in [3.8, 4) is 11.9 Å². The summed E-state index contributed by atoms with van der Waals surface area (Å²) in [5, 5.41) is 16.5. The lowest BCUT2D eigenvalue weighted by atomic mass is 10.1. The van der Waals surface area contributed by atoms with Crippen LogP contribution in [0.1, 0.15) is 17.3 Å². The second-order valence-corrected chi connectivity index (χ2v) is 3.64. The molecule has 0 saturated carbocycles. The lowest BCUT2D eigenvalue weighted by Gasteiger charge is -2.12. The van der Waals surface area contributed by atoms with Gasteiger partial charge in [-0.2, -0.15) is 10.4 Å². The molecule has 0 bridgehead atoms. The second kappa shape index (κ2) is 6.23. The van der Waals surface area contributed by atoms with Gasteiger partial charge < -0.3 is 9.47 Å². The number of nitriles is 1. The van der Waals surface area contributed by atoms with E-state index in [4.69, 9.17) is 9.47 Å². The molecule has 0 fully saturated rings. The van der Waals surface area contributed by atoms with Gasteiger partial charge in [-0.3, -0.25) is 5.32 Å². The Balaban J connectivity index is 2.92. The minimum Gasteiger partial charge on any atom is -0.481 e. The highest BCUT2D eigenvalue weighted by Crippen LogP contribution is 2.27. The minimum atomic E-state index is -0.436. The lowest BCUT2D eigenvalue weighted by Crippen LogP contribution is -2.24. The Morgan fingerprint density at radius 1 is 1.53 bits per heavy atom. The molecule has 1 rings (SSSR count). The van der Waals surface area contributed by atoms with E-state index in [0.29, 0.717) is 19.0 Å². The smallest absolute Gasteiger partial charge is 0.217 e. The van der Waals surface area contributed by atoms with Gasteiger partial charge >= 0.3 is 0 Å². The van der Waals surface area contributed by atoms with Crippen molar-refractivity contribution in [1.29, 1.82) is 5.26 Å². The van der Waals surface area contributed by atoms with Crippen LogP contribution < -0.4 is 10.1 Å². The number of aryl methyl sites for hydroxylation is 2. The fourth-order valence-corrected chi connectivity index (χ4v) is 1.75. The molecule has 94 valence electrons. The van der Waals surface area contributed by atoms with Crippen LogP contribution in [-0.2, 0) is 11.8 Å². The summed E-state index contributed by atoms with van der Waals surface area (Å²) >= 11 is 0. The SMILES string of the molecule is COCCNC(C#N)c1c(C)nn(C)c1OC. The molecule has 1 N–H and O–H groups in total. The number of nitrogens with zero attached hydrogens (tertiary/aromatic N) is 3. The van der Waals surface area contributed by atoms with Gasteiger partial charge in [0.15, 0.2) is 0 Å². The fraction of sp³-hybridized carbons (Fsp3) is 0.636. The van der Waals surface area contributed by atoms with Crippen LogP contribution in [0, 0.1) is 18.3 Å². The van der Waals surface area contributed by atoms with E-state index in [1.54, 1.807) is 25.9 Å². The van der Waals surface area contributed by atoms with Crippen LogP contribution >= 0.6 is 0 Å². The summed E-state index contributed by atoms with van der Waals surface area (Å²) < 4.78 is 11.8. The Hall–Kier alpha value is -1.58. The van der Waals surface area contributed by atoms with E-state index in [2.05, 4.69) is 16.5 Å². The molecule has 1 unspecified atom stereocenters. The summed E-state index contributed by atoms with van der Waals surface area (Å²) in [5.41, 5.74) is 1.58. The van der Waals surface area contributed by atoms with Gasteiger partial charge in [-0.05, 0) is 6.92 Å². The molecule has 0 aromatic carbocycles. The first kappa shape index (κ1) is 13.5. The standard InChI is InChI=1S/C11H18N4O2/c1-8-10(11(17-4)15(2)14-8)9(7-12)13-5-6-16-3/h9,13H,5-6H2,1-4H3. The highest BCUT2D eigenvalue weighted by molar-refractivity contribution is 5.37. The van der Waals surface area contributed by atoms with Gasteiger partial charge in [-0.25, -0.2) is 4.68 Å². The Bertz CT molecular complexity index is 408. The molecule has 0 spiro atoms. The number of hydrogen-bond donors (Lipinski definition) is 1. The molecular weight excluding hydrogens is 220 g/mol. The first-order valence-corrected chi connectivity index (χ1v) is 5.35. The maximum Gasteiger partial charge on any atom is 0.217 e. The van der Waals surface area contributed by atoms with Gasteiger partial charge in [0, 0.05) is 20.7 Å². The van der Waals surface area contributed by atoms with E-state index in [0.717, 1.165) is 11.3 Å². The summed E-state index contributed by atoms with van der Waals surface area (Å²) in [6.07, 6.45) is 0. The van der Waals surface area contributed by atoms with E-state index < -0.39 is 6.04 Å². The molecule has 0 saturated heterocycles. The zero-order valence-corrected chi connectivity index (χ0v) is 10.6. The Labute approximate surface area is 101 Å². The van der Waals surface area contributed by atoms with Crippen LogP contribution in [0.25, 0.3) is 0 Å². The zero-order chi connectivity index (χ0) is 12.8. The van der Waals surface area contributed by atoms with Crippen molar-refractivity contribution in [2.45, 2.75) is 13.0 Å². The van der Waals surface area contributed by atoms with Gasteiger partial charge in [0.25, 0.3) is 0 Å². The van der Waals surface area contributed by atoms with Crippen LogP contribution in [0.5, 0.6) is 5.88 Å². The van der Waals surface area contributed by atoms with Crippen LogP contribution in [0.3, 0.4) is 0 Å². The van der Waals surface area contributed by atoms with Crippen LogP contribution in [0.2, 0.25) is 0 Å². The molecule has 1 aromatic rings. The highest BCUT2D eigenvalue weighted by atomic mass is 16.5. The monoisotopic (exact) mass is 238 g/mol. The summed E-state index contributed by atoms with van der Waals surface area (Å²) in [4.78, 5) is 0. The zero-order valence-electron chi connectivity index (χ0n) is 10.6. The average molecular weight is 238 g/mol. The lowest BCUT2D eigenvalue weighted by molar-refractivity contribution is 0.197. The van der Waals surface area contributed by atoms with Crippen LogP contribution in [0.4, 0.5) is 0 Å². The molecule has 0 aliphatic heterocycles. The van der Waals surface area contributed by atoms with Gasteiger partial charge in [-0.15, -0.1) is 0 Å². The molecule has 0 radical (unpaired) electrons. The first-order chi connectivity index (χ1) is 8.15. The third kappa shape index (κ3) is 2.96. The van der Waals surface area contributed by atoms with Crippen molar-refractivity contribution in [1.82, 2.24) is 15.1 Å². The van der Waals surface area contributed by atoms with E-state index in [-0.39, 0.29) is 0 Å². The van der Waals surface area contributed by atoms with Gasteiger partial charge in [-0.1, -0.05) is 0 Å². The maximum absolute atomic E-state index is 9.19. The minimum absolute atomic E-state index is 0.436. The molecule has 1 atom stereocenters. The number of ether oxygens (including phenoxy) is 2. The van der Waals surface area contributed by atoms with Crippen molar-refractivity contribution in [3.05, 3.63) is 11.3 Å².